The number of nitrogens with zero attached hydrogens (tertiary/aromatic N) is 2. The molecule has 4 nitrogen and oxygen atoms in total. The molecule has 1 heterocycles. The third-order valence-electron chi connectivity index (χ3n) is 3.69. The number of likely N-dealkylation sites (tertiary alicyclic amines) is 1. The van der Waals surface area contributed by atoms with Crippen LogP contribution in [0.5, 0.6) is 0 Å². The molecule has 0 aromatic heterocycles. The molecule has 2 amide bonds. The monoisotopic (exact) mass is 236 g/mol. The van der Waals surface area contributed by atoms with Crippen LogP contribution in [0.2, 0.25) is 0 Å². The summed E-state index contributed by atoms with van der Waals surface area (Å²) < 4.78 is 0. The number of imide groups is 1. The first-order valence-electron chi connectivity index (χ1n) is 6.16. The molecule has 0 unspecified atom stereocenters. The normalized spacial score (nSPS) is 28.7. The van der Waals surface area contributed by atoms with Crippen LogP contribution in [0.25, 0.3) is 0 Å². The number of carbonyl (C=O) groups excluding carboxylic acids is 2. The van der Waals surface area contributed by atoms with Gasteiger partial charge in [0, 0.05) is 13.1 Å². The van der Waals surface area contributed by atoms with E-state index in [1.165, 1.54) is 10.5 Å². The second kappa shape index (κ2) is 4.61. The first-order chi connectivity index (χ1) is 8.00. The molecule has 1 saturated heterocycles. The van der Waals surface area contributed by atoms with Crippen LogP contribution in [-0.4, -0.2) is 48.8 Å². The molecule has 0 spiro atoms. The molecule has 0 radical (unpaired) electrons. The highest BCUT2D eigenvalue weighted by Gasteiger charge is 2.47. The Hall–Kier alpha value is -1.16. The number of rotatable bonds is 3. The Morgan fingerprint density at radius 3 is 2.59 bits per heavy atom. The summed E-state index contributed by atoms with van der Waals surface area (Å²) in [7, 11) is 3.90. The molecule has 0 aromatic rings. The first kappa shape index (κ1) is 12.3. The van der Waals surface area contributed by atoms with E-state index in [0.717, 1.165) is 19.4 Å². The van der Waals surface area contributed by atoms with Gasteiger partial charge in [0.25, 0.3) is 0 Å². The fourth-order valence-electron chi connectivity index (χ4n) is 2.63. The molecule has 0 saturated carbocycles. The van der Waals surface area contributed by atoms with Crippen molar-refractivity contribution in [2.75, 3.05) is 27.2 Å². The minimum absolute atomic E-state index is 0.0330. The van der Waals surface area contributed by atoms with Gasteiger partial charge >= 0.3 is 0 Å². The molecule has 0 aromatic carbocycles. The highest BCUT2D eigenvalue weighted by atomic mass is 16.2. The van der Waals surface area contributed by atoms with E-state index < -0.39 is 0 Å². The van der Waals surface area contributed by atoms with Crippen molar-refractivity contribution in [2.24, 2.45) is 11.8 Å². The number of hydrogen-bond donors (Lipinski definition) is 0. The highest BCUT2D eigenvalue weighted by Crippen LogP contribution is 2.37. The van der Waals surface area contributed by atoms with Crippen molar-refractivity contribution in [1.82, 2.24) is 9.80 Å². The number of hydrogen-bond acceptors (Lipinski definition) is 3. The Bertz CT molecular complexity index is 374. The van der Waals surface area contributed by atoms with Crippen molar-refractivity contribution >= 4 is 11.8 Å². The van der Waals surface area contributed by atoms with Gasteiger partial charge in [-0.2, -0.15) is 0 Å². The lowest BCUT2D eigenvalue weighted by Crippen LogP contribution is -2.36. The van der Waals surface area contributed by atoms with E-state index in [9.17, 15) is 9.59 Å². The summed E-state index contributed by atoms with van der Waals surface area (Å²) in [6, 6.07) is 0. The first-order valence-corrected chi connectivity index (χ1v) is 6.16. The summed E-state index contributed by atoms with van der Waals surface area (Å²) in [5, 5.41) is 0. The SMILES string of the molecule is CC1=CC[C@H]2C(=O)N(CCN(C)C)C(=O)[C@@H]2C1. The Labute approximate surface area is 102 Å². The van der Waals surface area contributed by atoms with E-state index in [-0.39, 0.29) is 23.7 Å². The second-order valence-electron chi connectivity index (χ2n) is 5.33. The fourth-order valence-corrected chi connectivity index (χ4v) is 2.63. The van der Waals surface area contributed by atoms with Gasteiger partial charge in [0.05, 0.1) is 11.8 Å². The van der Waals surface area contributed by atoms with E-state index in [1.54, 1.807) is 0 Å². The molecule has 2 rings (SSSR count). The predicted octanol–water partition coefficient (Wildman–Crippen LogP) is 0.889. The molecule has 2 atom stereocenters. The van der Waals surface area contributed by atoms with Crippen molar-refractivity contribution < 1.29 is 9.59 Å². The van der Waals surface area contributed by atoms with Gasteiger partial charge in [-0.1, -0.05) is 11.6 Å². The van der Waals surface area contributed by atoms with Crippen LogP contribution < -0.4 is 0 Å². The smallest absolute Gasteiger partial charge is 0.233 e. The fraction of sp³-hybridized carbons (Fsp3) is 0.692. The van der Waals surface area contributed by atoms with Gasteiger partial charge in [0.15, 0.2) is 0 Å². The number of carbonyl (C=O) groups is 2. The van der Waals surface area contributed by atoms with Crippen LogP contribution >= 0.6 is 0 Å². The minimum Gasteiger partial charge on any atom is -0.308 e. The Balaban J connectivity index is 2.08. The maximum absolute atomic E-state index is 12.2. The van der Waals surface area contributed by atoms with Crippen LogP contribution in [0.3, 0.4) is 0 Å². The third-order valence-corrected chi connectivity index (χ3v) is 3.69. The van der Waals surface area contributed by atoms with Crippen molar-refractivity contribution in [3.05, 3.63) is 11.6 Å². The van der Waals surface area contributed by atoms with E-state index in [2.05, 4.69) is 6.08 Å². The zero-order valence-corrected chi connectivity index (χ0v) is 10.8. The van der Waals surface area contributed by atoms with Gasteiger partial charge in [0.2, 0.25) is 11.8 Å². The van der Waals surface area contributed by atoms with Crippen molar-refractivity contribution in [3.8, 4) is 0 Å². The lowest BCUT2D eigenvalue weighted by Gasteiger charge is -2.19. The Kier molecular flexibility index (Phi) is 3.33. The molecule has 2 aliphatic rings. The van der Waals surface area contributed by atoms with Crippen molar-refractivity contribution in [3.63, 3.8) is 0 Å². The summed E-state index contributed by atoms with van der Waals surface area (Å²) in [5.74, 6) is -0.108. The van der Waals surface area contributed by atoms with Gasteiger partial charge in [-0.15, -0.1) is 0 Å². The van der Waals surface area contributed by atoms with Crippen LogP contribution in [-0.2, 0) is 9.59 Å². The molecule has 4 heteroatoms. The van der Waals surface area contributed by atoms with Crippen LogP contribution in [0, 0.1) is 11.8 Å². The molecule has 0 N–H and O–H groups in total. The quantitative estimate of drug-likeness (QED) is 0.540. The van der Waals surface area contributed by atoms with Crippen LogP contribution in [0.4, 0.5) is 0 Å². The molecule has 1 fully saturated rings. The topological polar surface area (TPSA) is 40.6 Å². The molecular weight excluding hydrogens is 216 g/mol. The molecular formula is C13H20N2O2. The molecule has 1 aliphatic heterocycles. The Morgan fingerprint density at radius 1 is 1.29 bits per heavy atom. The van der Waals surface area contributed by atoms with Crippen molar-refractivity contribution in [1.29, 1.82) is 0 Å². The molecule has 17 heavy (non-hydrogen) atoms. The molecule has 1 aliphatic carbocycles. The summed E-state index contributed by atoms with van der Waals surface area (Å²) in [6.07, 6.45) is 3.59. The molecule has 0 bridgehead atoms. The zero-order chi connectivity index (χ0) is 12.6. The maximum Gasteiger partial charge on any atom is 0.233 e. The number of fused-ring (bicyclic) bond motifs is 1. The van der Waals surface area contributed by atoms with Gasteiger partial charge in [-0.05, 0) is 33.9 Å². The van der Waals surface area contributed by atoms with Crippen molar-refractivity contribution in [2.45, 2.75) is 19.8 Å². The van der Waals surface area contributed by atoms with E-state index in [4.69, 9.17) is 0 Å². The minimum atomic E-state index is -0.0895. The standard InChI is InChI=1S/C13H20N2O2/c1-9-4-5-10-11(8-9)13(17)15(12(10)16)7-6-14(2)3/h4,10-11H,5-8H2,1-3H3/t10-,11-/m1/s1. The lowest BCUT2D eigenvalue weighted by molar-refractivity contribution is -0.140. The maximum atomic E-state index is 12.2. The van der Waals surface area contributed by atoms with Gasteiger partial charge in [-0.25, -0.2) is 0 Å². The second-order valence-corrected chi connectivity index (χ2v) is 5.33. The summed E-state index contributed by atoms with van der Waals surface area (Å²) >= 11 is 0. The summed E-state index contributed by atoms with van der Waals surface area (Å²) in [6.45, 7) is 3.30. The number of likely N-dealkylation sites (N-methyl/N-ethyl adjacent to an activating group) is 1. The third kappa shape index (κ3) is 2.27. The van der Waals surface area contributed by atoms with E-state index in [0.29, 0.717) is 6.54 Å². The average Bonchev–Trinajstić information content (AvgIpc) is 2.49. The predicted molar refractivity (Wildman–Crippen MR) is 65.2 cm³/mol. The van der Waals surface area contributed by atoms with E-state index >= 15 is 0 Å². The zero-order valence-electron chi connectivity index (χ0n) is 10.8. The number of amides is 2. The van der Waals surface area contributed by atoms with Gasteiger partial charge < -0.3 is 4.90 Å². The van der Waals surface area contributed by atoms with Crippen LogP contribution in [0.1, 0.15) is 19.8 Å². The van der Waals surface area contributed by atoms with Gasteiger partial charge in [-0.3, -0.25) is 14.5 Å². The summed E-state index contributed by atoms with van der Waals surface area (Å²) in [5.41, 5.74) is 1.24. The molecule has 94 valence electrons. The Morgan fingerprint density at radius 2 is 1.94 bits per heavy atom. The van der Waals surface area contributed by atoms with Crippen LogP contribution in [0.15, 0.2) is 11.6 Å². The average molecular weight is 236 g/mol. The van der Waals surface area contributed by atoms with Gasteiger partial charge in [0.1, 0.15) is 0 Å². The highest BCUT2D eigenvalue weighted by molar-refractivity contribution is 6.05. The largest absolute Gasteiger partial charge is 0.308 e. The lowest BCUT2D eigenvalue weighted by atomic mass is 9.82. The van der Waals surface area contributed by atoms with E-state index in [1.807, 2.05) is 25.9 Å². The summed E-state index contributed by atoms with van der Waals surface area (Å²) in [4.78, 5) is 27.7. The number of allylic oxidation sites excluding steroid dienone is 2.